The molecule has 28 heavy (non-hydrogen) atoms. The molecule has 0 radical (unpaired) electrons. The van der Waals surface area contributed by atoms with Gasteiger partial charge in [0.15, 0.2) is 0 Å². The molecule has 7 nitrogen and oxygen atoms in total. The topological polar surface area (TPSA) is 86.8 Å². The Balaban J connectivity index is 0.000000336. The Hall–Kier alpha value is -2.12. The van der Waals surface area contributed by atoms with E-state index in [0.717, 1.165) is 35.5 Å². The Kier molecular flexibility index (Phi) is 7.83. The fraction of sp³-hybridized carbons (Fsp3) is 0.474. The van der Waals surface area contributed by atoms with Gasteiger partial charge in [-0.2, -0.15) is 0 Å². The molecule has 0 unspecified atom stereocenters. The third-order valence-electron chi connectivity index (χ3n) is 4.14. The van der Waals surface area contributed by atoms with Crippen LogP contribution in [-0.4, -0.2) is 41.2 Å². The van der Waals surface area contributed by atoms with Gasteiger partial charge in [0.25, 0.3) is 5.91 Å². The van der Waals surface area contributed by atoms with Crippen molar-refractivity contribution in [2.75, 3.05) is 11.4 Å². The highest BCUT2D eigenvalue weighted by atomic mass is 35.5. The fourth-order valence-corrected chi connectivity index (χ4v) is 3.37. The van der Waals surface area contributed by atoms with E-state index in [2.05, 4.69) is 5.32 Å². The molecule has 0 aromatic heterocycles. The van der Waals surface area contributed by atoms with Gasteiger partial charge in [0.2, 0.25) is 0 Å². The molecule has 1 aromatic rings. The summed E-state index contributed by atoms with van der Waals surface area (Å²) in [5.74, 6) is -0.0523. The van der Waals surface area contributed by atoms with Crippen molar-refractivity contribution in [2.45, 2.75) is 52.0 Å². The SMILES string of the molecule is CC(C)NC(=O)N1CC(=O)N(c2cc(Cl)cc(Cl)c2)C1=O.O=C1CCCCC1. The van der Waals surface area contributed by atoms with Crippen LogP contribution in [0.2, 0.25) is 10.0 Å². The first-order chi connectivity index (χ1) is 13.2. The molecule has 1 aliphatic heterocycles. The molecule has 152 valence electrons. The van der Waals surface area contributed by atoms with Crippen LogP contribution in [0, 0.1) is 0 Å². The smallest absolute Gasteiger partial charge is 0.335 e. The van der Waals surface area contributed by atoms with Gasteiger partial charge in [-0.15, -0.1) is 0 Å². The Labute approximate surface area is 173 Å². The molecular weight excluding hydrogens is 405 g/mol. The van der Waals surface area contributed by atoms with Crippen LogP contribution >= 0.6 is 23.2 Å². The highest BCUT2D eigenvalue weighted by Gasteiger charge is 2.41. The number of benzene rings is 1. The minimum absolute atomic E-state index is 0.143. The van der Waals surface area contributed by atoms with Gasteiger partial charge >= 0.3 is 12.1 Å². The first-order valence-corrected chi connectivity index (χ1v) is 9.87. The first kappa shape index (κ1) is 22.2. The molecule has 1 aliphatic carbocycles. The Morgan fingerprint density at radius 1 is 1.00 bits per heavy atom. The van der Waals surface area contributed by atoms with Crippen molar-refractivity contribution >= 4 is 52.6 Å². The van der Waals surface area contributed by atoms with Gasteiger partial charge in [-0.25, -0.2) is 19.4 Å². The number of urea groups is 2. The second kappa shape index (κ2) is 9.89. The maximum absolute atomic E-state index is 12.2. The third kappa shape index (κ3) is 5.94. The maximum Gasteiger partial charge on any atom is 0.340 e. The zero-order chi connectivity index (χ0) is 20.8. The summed E-state index contributed by atoms with van der Waals surface area (Å²) in [7, 11) is 0. The molecule has 2 fully saturated rings. The van der Waals surface area contributed by atoms with Crippen LogP contribution in [0.1, 0.15) is 46.0 Å². The van der Waals surface area contributed by atoms with Gasteiger partial charge in [-0.3, -0.25) is 9.59 Å². The second-order valence-electron chi connectivity index (χ2n) is 6.93. The van der Waals surface area contributed by atoms with Crippen LogP contribution in [0.15, 0.2) is 18.2 Å². The van der Waals surface area contributed by atoms with E-state index < -0.39 is 18.0 Å². The number of anilines is 1. The van der Waals surface area contributed by atoms with E-state index in [9.17, 15) is 19.2 Å². The summed E-state index contributed by atoms with van der Waals surface area (Å²) in [6.07, 6.45) is 5.24. The Bertz CT molecular complexity index is 754. The molecule has 2 aliphatic rings. The fourth-order valence-electron chi connectivity index (χ4n) is 2.85. The van der Waals surface area contributed by atoms with E-state index in [-0.39, 0.29) is 18.3 Å². The lowest BCUT2D eigenvalue weighted by molar-refractivity contribution is -0.120. The lowest BCUT2D eigenvalue weighted by Gasteiger charge is -2.18. The zero-order valence-electron chi connectivity index (χ0n) is 15.8. The van der Waals surface area contributed by atoms with E-state index in [1.165, 1.54) is 24.6 Å². The summed E-state index contributed by atoms with van der Waals surface area (Å²) in [5, 5.41) is 3.15. The maximum atomic E-state index is 12.2. The van der Waals surface area contributed by atoms with Gasteiger partial charge in [0.05, 0.1) is 5.69 Å². The Morgan fingerprint density at radius 3 is 2.04 bits per heavy atom. The number of hydrogen-bond acceptors (Lipinski definition) is 4. The number of carbonyl (C=O) groups is 4. The van der Waals surface area contributed by atoms with Gasteiger partial charge in [-0.05, 0) is 44.9 Å². The number of carbonyl (C=O) groups excluding carboxylic acids is 4. The summed E-state index contributed by atoms with van der Waals surface area (Å²) in [4.78, 5) is 48.3. The number of ketones is 1. The molecule has 0 spiro atoms. The van der Waals surface area contributed by atoms with Gasteiger partial charge in [0.1, 0.15) is 12.3 Å². The van der Waals surface area contributed by atoms with Crippen LogP contribution in [0.4, 0.5) is 15.3 Å². The lowest BCUT2D eigenvalue weighted by Crippen LogP contribution is -2.45. The number of amides is 5. The van der Waals surface area contributed by atoms with Crippen molar-refractivity contribution in [3.05, 3.63) is 28.2 Å². The van der Waals surface area contributed by atoms with Crippen LogP contribution in [0.25, 0.3) is 0 Å². The largest absolute Gasteiger partial charge is 0.340 e. The van der Waals surface area contributed by atoms with Crippen LogP contribution in [-0.2, 0) is 9.59 Å². The highest BCUT2D eigenvalue weighted by Crippen LogP contribution is 2.28. The highest BCUT2D eigenvalue weighted by molar-refractivity contribution is 6.35. The summed E-state index contributed by atoms with van der Waals surface area (Å²) >= 11 is 11.7. The third-order valence-corrected chi connectivity index (χ3v) is 4.58. The summed E-state index contributed by atoms with van der Waals surface area (Å²) < 4.78 is 0. The van der Waals surface area contributed by atoms with Gasteiger partial charge in [-0.1, -0.05) is 29.6 Å². The van der Waals surface area contributed by atoms with Crippen molar-refractivity contribution in [2.24, 2.45) is 0 Å². The molecular formula is C19H23Cl2N3O4. The van der Waals surface area contributed by atoms with Crippen molar-refractivity contribution in [3.63, 3.8) is 0 Å². The van der Waals surface area contributed by atoms with Crippen molar-refractivity contribution < 1.29 is 19.2 Å². The van der Waals surface area contributed by atoms with Gasteiger partial charge in [0, 0.05) is 28.9 Å². The zero-order valence-corrected chi connectivity index (χ0v) is 17.3. The van der Waals surface area contributed by atoms with Crippen molar-refractivity contribution in [1.29, 1.82) is 0 Å². The number of imide groups is 2. The molecule has 5 amide bonds. The number of Topliss-reactive ketones (excluding diaryl/α,β-unsaturated/α-hetero) is 1. The number of hydrogen-bond donors (Lipinski definition) is 1. The average molecular weight is 428 g/mol. The van der Waals surface area contributed by atoms with Crippen molar-refractivity contribution in [1.82, 2.24) is 10.2 Å². The quantitative estimate of drug-likeness (QED) is 0.708. The first-order valence-electron chi connectivity index (χ1n) is 9.11. The summed E-state index contributed by atoms with van der Waals surface area (Å²) in [6.45, 7) is 3.20. The minimum Gasteiger partial charge on any atom is -0.335 e. The van der Waals surface area contributed by atoms with E-state index in [0.29, 0.717) is 15.8 Å². The predicted molar refractivity (Wildman–Crippen MR) is 108 cm³/mol. The standard InChI is InChI=1S/C13H13Cl2N3O3.C6H10O/c1-7(2)16-12(20)17-6-11(19)18(13(17)21)10-4-8(14)3-9(15)5-10;7-6-4-2-1-3-5-6/h3-5,7H,6H2,1-2H3,(H,16,20);1-5H2. The monoisotopic (exact) mass is 427 g/mol. The molecule has 3 rings (SSSR count). The molecule has 1 aromatic carbocycles. The molecule has 1 heterocycles. The van der Waals surface area contributed by atoms with Crippen molar-refractivity contribution in [3.8, 4) is 0 Å². The van der Waals surface area contributed by atoms with E-state index in [1.807, 2.05) is 0 Å². The number of nitrogens with zero attached hydrogens (tertiary/aromatic N) is 2. The molecule has 1 saturated heterocycles. The lowest BCUT2D eigenvalue weighted by atomic mass is 10.00. The normalized spacial score (nSPS) is 17.0. The van der Waals surface area contributed by atoms with E-state index in [1.54, 1.807) is 13.8 Å². The molecule has 1 saturated carbocycles. The average Bonchev–Trinajstić information content (AvgIpc) is 2.89. The van der Waals surface area contributed by atoms with E-state index in [4.69, 9.17) is 23.2 Å². The molecule has 9 heteroatoms. The Morgan fingerprint density at radius 2 is 1.57 bits per heavy atom. The molecule has 0 atom stereocenters. The predicted octanol–water partition coefficient (Wildman–Crippen LogP) is 4.40. The van der Waals surface area contributed by atoms with Crippen LogP contribution in [0.5, 0.6) is 0 Å². The minimum atomic E-state index is -0.725. The van der Waals surface area contributed by atoms with Crippen LogP contribution < -0.4 is 10.2 Å². The summed E-state index contributed by atoms with van der Waals surface area (Å²) in [5.41, 5.74) is 0.238. The summed E-state index contributed by atoms with van der Waals surface area (Å²) in [6, 6.07) is 2.88. The van der Waals surface area contributed by atoms with Gasteiger partial charge < -0.3 is 5.32 Å². The number of rotatable bonds is 2. The van der Waals surface area contributed by atoms with E-state index >= 15 is 0 Å². The second-order valence-corrected chi connectivity index (χ2v) is 7.80. The molecule has 1 N–H and O–H groups in total. The number of nitrogens with one attached hydrogen (secondary N) is 1. The van der Waals surface area contributed by atoms with Crippen LogP contribution in [0.3, 0.4) is 0 Å². The number of halogens is 2. The molecule has 0 bridgehead atoms.